The molecule has 2 aromatic carbocycles. The zero-order chi connectivity index (χ0) is 14.7. The van der Waals surface area contributed by atoms with Crippen molar-refractivity contribution >= 4 is 5.69 Å². The molecule has 0 N–H and O–H groups in total. The summed E-state index contributed by atoms with van der Waals surface area (Å²) in [6.07, 6.45) is 0. The zero-order valence-electron chi connectivity index (χ0n) is 10.5. The minimum absolute atomic E-state index is 0.0840. The van der Waals surface area contributed by atoms with Gasteiger partial charge in [0.05, 0.1) is 10.5 Å². The van der Waals surface area contributed by atoms with E-state index in [1.165, 1.54) is 18.2 Å². The van der Waals surface area contributed by atoms with Crippen molar-refractivity contribution < 1.29 is 14.1 Å². The molecule has 2 rings (SSSR count). The molecule has 0 amide bonds. The molecular formula is C14H9FN2O3. The van der Waals surface area contributed by atoms with Crippen LogP contribution in [0, 0.1) is 34.2 Å². The number of rotatable bonds is 3. The first-order valence-electron chi connectivity index (χ1n) is 5.64. The number of nitro groups is 1. The fourth-order valence-electron chi connectivity index (χ4n) is 1.66. The van der Waals surface area contributed by atoms with Crippen molar-refractivity contribution in [2.45, 2.75) is 6.92 Å². The summed E-state index contributed by atoms with van der Waals surface area (Å²) in [4.78, 5) is 10.1. The van der Waals surface area contributed by atoms with E-state index in [1.54, 1.807) is 13.0 Å². The van der Waals surface area contributed by atoms with Gasteiger partial charge in [-0.05, 0) is 30.7 Å². The third-order valence-corrected chi connectivity index (χ3v) is 2.61. The lowest BCUT2D eigenvalue weighted by Gasteiger charge is -2.09. The molecule has 0 radical (unpaired) electrons. The van der Waals surface area contributed by atoms with E-state index in [0.29, 0.717) is 0 Å². The average Bonchev–Trinajstić information content (AvgIpc) is 2.41. The molecule has 6 heteroatoms. The Morgan fingerprint density at radius 1 is 1.35 bits per heavy atom. The molecule has 0 aliphatic rings. The topological polar surface area (TPSA) is 76.2 Å². The van der Waals surface area contributed by atoms with Crippen LogP contribution in [0.5, 0.6) is 11.5 Å². The largest absolute Gasteiger partial charge is 0.446 e. The summed E-state index contributed by atoms with van der Waals surface area (Å²) in [5.41, 5.74) is 0.474. The van der Waals surface area contributed by atoms with Crippen molar-refractivity contribution in [3.8, 4) is 17.6 Å². The highest BCUT2D eigenvalue weighted by molar-refractivity contribution is 5.53. The first kappa shape index (κ1) is 13.5. The van der Waals surface area contributed by atoms with Gasteiger partial charge in [-0.3, -0.25) is 10.1 Å². The molecule has 0 heterocycles. The number of benzene rings is 2. The first-order valence-corrected chi connectivity index (χ1v) is 5.64. The number of hydrogen-bond acceptors (Lipinski definition) is 4. The molecule has 0 saturated heterocycles. The quantitative estimate of drug-likeness (QED) is 0.630. The van der Waals surface area contributed by atoms with Crippen LogP contribution in [0.4, 0.5) is 10.1 Å². The molecule has 20 heavy (non-hydrogen) atoms. The van der Waals surface area contributed by atoms with Crippen LogP contribution >= 0.6 is 0 Å². The smallest absolute Gasteiger partial charge is 0.314 e. The highest BCUT2D eigenvalue weighted by Crippen LogP contribution is 2.35. The average molecular weight is 272 g/mol. The zero-order valence-corrected chi connectivity index (χ0v) is 10.5. The lowest BCUT2D eigenvalue weighted by atomic mass is 10.1. The summed E-state index contributed by atoms with van der Waals surface area (Å²) in [5, 5.41) is 19.9. The third-order valence-electron chi connectivity index (χ3n) is 2.61. The molecule has 5 nitrogen and oxygen atoms in total. The van der Waals surface area contributed by atoms with E-state index < -0.39 is 22.2 Å². The van der Waals surface area contributed by atoms with Gasteiger partial charge in [0.2, 0.25) is 5.75 Å². The molecule has 2 aromatic rings. The van der Waals surface area contributed by atoms with Crippen molar-refractivity contribution in [3.63, 3.8) is 0 Å². The number of para-hydroxylation sites is 1. The number of ether oxygens (including phenoxy) is 1. The van der Waals surface area contributed by atoms with Crippen molar-refractivity contribution in [2.75, 3.05) is 0 Å². The van der Waals surface area contributed by atoms with Gasteiger partial charge in [-0.2, -0.15) is 5.26 Å². The van der Waals surface area contributed by atoms with Crippen LogP contribution in [0.15, 0.2) is 36.4 Å². The van der Waals surface area contributed by atoms with Gasteiger partial charge in [0, 0.05) is 6.07 Å². The standard InChI is InChI=1S/C14H9FN2O3/c1-9-5-6-10(8-16)13(7-9)20-14-11(15)3-2-4-12(14)17(18)19/h2-7H,1H3. The van der Waals surface area contributed by atoms with E-state index in [-0.39, 0.29) is 11.3 Å². The summed E-state index contributed by atoms with van der Waals surface area (Å²) in [6, 6.07) is 10.0. The molecule has 0 aliphatic heterocycles. The van der Waals surface area contributed by atoms with Crippen LogP contribution in [-0.2, 0) is 0 Å². The maximum Gasteiger partial charge on any atom is 0.314 e. The summed E-state index contributed by atoms with van der Waals surface area (Å²) in [6.45, 7) is 1.77. The second-order valence-electron chi connectivity index (χ2n) is 4.06. The summed E-state index contributed by atoms with van der Waals surface area (Å²) >= 11 is 0. The molecule has 100 valence electrons. The van der Waals surface area contributed by atoms with Gasteiger partial charge >= 0.3 is 5.69 Å². The van der Waals surface area contributed by atoms with E-state index in [2.05, 4.69) is 0 Å². The Balaban J connectivity index is 2.53. The Kier molecular flexibility index (Phi) is 3.62. The lowest BCUT2D eigenvalue weighted by molar-refractivity contribution is -0.385. The normalized spacial score (nSPS) is 9.85. The van der Waals surface area contributed by atoms with Gasteiger partial charge < -0.3 is 4.74 Å². The van der Waals surface area contributed by atoms with Gasteiger partial charge in [0.15, 0.2) is 5.82 Å². The van der Waals surface area contributed by atoms with Crippen LogP contribution < -0.4 is 4.74 Å². The van der Waals surface area contributed by atoms with Crippen LogP contribution in [0.3, 0.4) is 0 Å². The fraction of sp³-hybridized carbons (Fsp3) is 0.0714. The van der Waals surface area contributed by atoms with Crippen LogP contribution in [0.25, 0.3) is 0 Å². The molecule has 0 fully saturated rings. The number of hydrogen-bond donors (Lipinski definition) is 0. The molecule has 0 unspecified atom stereocenters. The number of aryl methyl sites for hydroxylation is 1. The van der Waals surface area contributed by atoms with Gasteiger partial charge in [0.25, 0.3) is 0 Å². The van der Waals surface area contributed by atoms with Gasteiger partial charge in [-0.25, -0.2) is 4.39 Å². The minimum atomic E-state index is -0.857. The van der Waals surface area contributed by atoms with Gasteiger partial charge in [0.1, 0.15) is 11.8 Å². The predicted molar refractivity (Wildman–Crippen MR) is 69.0 cm³/mol. The van der Waals surface area contributed by atoms with E-state index in [0.717, 1.165) is 17.7 Å². The van der Waals surface area contributed by atoms with Crippen molar-refractivity contribution in [1.29, 1.82) is 5.26 Å². The highest BCUT2D eigenvalue weighted by atomic mass is 19.1. The molecule has 0 bridgehead atoms. The Morgan fingerprint density at radius 3 is 2.75 bits per heavy atom. The fourth-order valence-corrected chi connectivity index (χ4v) is 1.66. The van der Waals surface area contributed by atoms with Crippen molar-refractivity contribution in [2.24, 2.45) is 0 Å². The Bertz CT molecular complexity index is 723. The van der Waals surface area contributed by atoms with Crippen LogP contribution in [0.2, 0.25) is 0 Å². The molecule has 0 atom stereocenters. The second kappa shape index (κ2) is 5.36. The third kappa shape index (κ3) is 2.57. The number of halogens is 1. The van der Waals surface area contributed by atoms with Gasteiger partial charge in [-0.1, -0.05) is 12.1 Å². The first-order chi connectivity index (χ1) is 9.52. The molecule has 0 spiro atoms. The number of nitriles is 1. The second-order valence-corrected chi connectivity index (χ2v) is 4.06. The molecular weight excluding hydrogens is 263 g/mol. The van der Waals surface area contributed by atoms with Crippen molar-refractivity contribution in [1.82, 2.24) is 0 Å². The summed E-state index contributed by atoms with van der Waals surface area (Å²) in [5.74, 6) is -1.27. The lowest BCUT2D eigenvalue weighted by Crippen LogP contribution is -1.97. The summed E-state index contributed by atoms with van der Waals surface area (Å²) < 4.78 is 19.0. The highest BCUT2D eigenvalue weighted by Gasteiger charge is 2.21. The predicted octanol–water partition coefficient (Wildman–Crippen LogP) is 3.71. The van der Waals surface area contributed by atoms with E-state index in [9.17, 15) is 14.5 Å². The SMILES string of the molecule is Cc1ccc(C#N)c(Oc2c(F)cccc2[N+](=O)[O-])c1. The Morgan fingerprint density at radius 2 is 2.10 bits per heavy atom. The van der Waals surface area contributed by atoms with Crippen molar-refractivity contribution in [3.05, 3.63) is 63.5 Å². The Labute approximate surface area is 114 Å². The molecule has 0 saturated carbocycles. The molecule has 0 aliphatic carbocycles. The summed E-state index contributed by atoms with van der Waals surface area (Å²) in [7, 11) is 0. The Hall–Kier alpha value is -2.94. The van der Waals surface area contributed by atoms with E-state index >= 15 is 0 Å². The molecule has 0 aromatic heterocycles. The number of nitrogens with zero attached hydrogens (tertiary/aromatic N) is 2. The maximum atomic E-state index is 13.7. The van der Waals surface area contributed by atoms with E-state index in [4.69, 9.17) is 10.00 Å². The van der Waals surface area contributed by atoms with Gasteiger partial charge in [-0.15, -0.1) is 0 Å². The maximum absolute atomic E-state index is 13.7. The minimum Gasteiger partial charge on any atom is -0.446 e. The van der Waals surface area contributed by atoms with Crippen LogP contribution in [-0.4, -0.2) is 4.92 Å². The monoisotopic (exact) mass is 272 g/mol. The van der Waals surface area contributed by atoms with E-state index in [1.807, 2.05) is 6.07 Å². The number of nitro benzene ring substituents is 1. The van der Waals surface area contributed by atoms with Crippen LogP contribution in [0.1, 0.15) is 11.1 Å².